The highest BCUT2D eigenvalue weighted by atomic mass is 35.5. The fourth-order valence-corrected chi connectivity index (χ4v) is 2.76. The molecule has 1 aliphatic heterocycles. The molecule has 142 valence electrons. The zero-order valence-corrected chi connectivity index (χ0v) is 14.9. The van der Waals surface area contributed by atoms with E-state index in [4.69, 9.17) is 23.2 Å². The van der Waals surface area contributed by atoms with Gasteiger partial charge in [-0.05, 0) is 30.5 Å². The van der Waals surface area contributed by atoms with Gasteiger partial charge in [-0.15, -0.1) is 0 Å². The van der Waals surface area contributed by atoms with Crippen molar-refractivity contribution in [2.24, 2.45) is 0 Å². The molecule has 0 atom stereocenters. The molecule has 1 aliphatic rings. The van der Waals surface area contributed by atoms with Gasteiger partial charge in [-0.3, -0.25) is 9.59 Å². The first-order valence-corrected chi connectivity index (χ1v) is 8.34. The summed E-state index contributed by atoms with van der Waals surface area (Å²) in [4.78, 5) is 24.0. The number of nitrogens with zero attached hydrogens (tertiary/aromatic N) is 1. The number of rotatable bonds is 6. The predicted molar refractivity (Wildman–Crippen MR) is 90.1 cm³/mol. The number of aliphatic hydroxyl groups is 1. The van der Waals surface area contributed by atoms with E-state index in [0.29, 0.717) is 27.8 Å². The van der Waals surface area contributed by atoms with Crippen LogP contribution < -0.4 is 5.32 Å². The number of aliphatic hydroxyl groups excluding tert-OH is 1. The number of halogens is 5. The Bertz CT molecular complexity index is 751. The molecule has 1 aromatic carbocycles. The van der Waals surface area contributed by atoms with E-state index in [-0.39, 0.29) is 12.1 Å². The Hall–Kier alpha value is -1.93. The van der Waals surface area contributed by atoms with Gasteiger partial charge in [0.05, 0.1) is 22.2 Å². The minimum atomic E-state index is -4.61. The average molecular weight is 411 g/mol. The third-order valence-corrected chi connectivity index (χ3v) is 4.42. The van der Waals surface area contributed by atoms with E-state index in [1.165, 1.54) is 0 Å². The smallest absolute Gasteiger partial charge is 0.406 e. The minimum Gasteiger partial charge on any atom is -0.503 e. The van der Waals surface area contributed by atoms with Gasteiger partial charge < -0.3 is 15.3 Å². The number of carbonyl (C=O) groups excluding carboxylic acids is 2. The first-order valence-electron chi connectivity index (χ1n) is 7.59. The number of aryl methyl sites for hydroxylation is 1. The van der Waals surface area contributed by atoms with E-state index in [1.54, 1.807) is 18.2 Å². The minimum absolute atomic E-state index is 0.212. The van der Waals surface area contributed by atoms with Gasteiger partial charge in [0.25, 0.3) is 11.8 Å². The first kappa shape index (κ1) is 20.4. The van der Waals surface area contributed by atoms with Crippen LogP contribution >= 0.6 is 23.2 Å². The molecule has 0 spiro atoms. The molecule has 10 heteroatoms. The van der Waals surface area contributed by atoms with E-state index < -0.39 is 36.8 Å². The van der Waals surface area contributed by atoms with Crippen LogP contribution in [-0.2, 0) is 16.0 Å². The molecule has 0 saturated carbocycles. The van der Waals surface area contributed by atoms with E-state index in [9.17, 15) is 27.9 Å². The van der Waals surface area contributed by atoms with Gasteiger partial charge >= 0.3 is 6.18 Å². The predicted octanol–water partition coefficient (Wildman–Crippen LogP) is 3.26. The summed E-state index contributed by atoms with van der Waals surface area (Å²) in [6.07, 6.45) is -3.50. The van der Waals surface area contributed by atoms with Crippen LogP contribution in [0, 0.1) is 0 Å². The summed E-state index contributed by atoms with van der Waals surface area (Å²) in [6.45, 7) is -1.89. The highest BCUT2D eigenvalue weighted by Gasteiger charge is 2.40. The molecule has 2 N–H and O–H groups in total. The molecule has 5 nitrogen and oxygen atoms in total. The first-order chi connectivity index (χ1) is 12.1. The van der Waals surface area contributed by atoms with Crippen molar-refractivity contribution < 1.29 is 27.9 Å². The summed E-state index contributed by atoms with van der Waals surface area (Å²) in [7, 11) is 0. The summed E-state index contributed by atoms with van der Waals surface area (Å²) in [5, 5.41) is 12.9. The average Bonchev–Trinajstić information content (AvgIpc) is 2.81. The monoisotopic (exact) mass is 410 g/mol. The molecule has 0 fully saturated rings. The molecular weight excluding hydrogens is 396 g/mol. The number of alkyl halides is 3. The van der Waals surface area contributed by atoms with Crippen LogP contribution in [-0.4, -0.2) is 47.6 Å². The van der Waals surface area contributed by atoms with E-state index in [0.717, 1.165) is 5.56 Å². The second-order valence-electron chi connectivity index (χ2n) is 5.71. The second-order valence-corrected chi connectivity index (χ2v) is 6.53. The third kappa shape index (κ3) is 5.28. The summed E-state index contributed by atoms with van der Waals surface area (Å²) in [5.41, 5.74) is 0.539. The Morgan fingerprint density at radius 1 is 1.27 bits per heavy atom. The highest BCUT2D eigenvalue weighted by Crippen LogP contribution is 2.24. The largest absolute Gasteiger partial charge is 0.503 e. The molecule has 1 heterocycles. The Labute approximate surface area is 157 Å². The van der Waals surface area contributed by atoms with Crippen molar-refractivity contribution in [3.8, 4) is 0 Å². The van der Waals surface area contributed by atoms with E-state index in [2.05, 4.69) is 5.32 Å². The van der Waals surface area contributed by atoms with Gasteiger partial charge in [-0.2, -0.15) is 13.2 Å². The molecule has 0 radical (unpaired) electrons. The Morgan fingerprint density at radius 2 is 1.96 bits per heavy atom. The fourth-order valence-electron chi connectivity index (χ4n) is 2.44. The van der Waals surface area contributed by atoms with Crippen LogP contribution in [0.4, 0.5) is 13.2 Å². The lowest BCUT2D eigenvalue weighted by Crippen LogP contribution is -2.37. The van der Waals surface area contributed by atoms with Crippen LogP contribution in [0.2, 0.25) is 10.0 Å². The summed E-state index contributed by atoms with van der Waals surface area (Å²) < 4.78 is 37.2. The van der Waals surface area contributed by atoms with Crippen molar-refractivity contribution >= 4 is 35.0 Å². The topological polar surface area (TPSA) is 69.6 Å². The van der Waals surface area contributed by atoms with Gasteiger partial charge in [-0.25, -0.2) is 0 Å². The van der Waals surface area contributed by atoms with Crippen molar-refractivity contribution in [3.63, 3.8) is 0 Å². The van der Waals surface area contributed by atoms with E-state index in [1.807, 2.05) is 0 Å². The molecule has 0 bridgehead atoms. The number of hydrogen-bond donors (Lipinski definition) is 2. The number of carbonyl (C=O) groups is 2. The maximum absolute atomic E-state index is 12.4. The van der Waals surface area contributed by atoms with Crippen molar-refractivity contribution in [2.45, 2.75) is 19.0 Å². The van der Waals surface area contributed by atoms with Gasteiger partial charge in [0.1, 0.15) is 6.54 Å². The summed E-state index contributed by atoms with van der Waals surface area (Å²) >= 11 is 11.7. The summed E-state index contributed by atoms with van der Waals surface area (Å²) in [5.74, 6) is -2.92. The van der Waals surface area contributed by atoms with Crippen LogP contribution in [0.15, 0.2) is 29.5 Å². The highest BCUT2D eigenvalue weighted by molar-refractivity contribution is 6.42. The molecule has 0 saturated heterocycles. The maximum Gasteiger partial charge on any atom is 0.406 e. The normalized spacial score (nSPS) is 15.0. The van der Waals surface area contributed by atoms with Crippen molar-refractivity contribution in [2.75, 3.05) is 19.6 Å². The zero-order valence-electron chi connectivity index (χ0n) is 13.4. The molecule has 0 aromatic heterocycles. The Kier molecular flexibility index (Phi) is 6.41. The maximum atomic E-state index is 12.4. The lowest BCUT2D eigenvalue weighted by Gasteiger charge is -2.17. The molecule has 0 unspecified atom stereocenters. The van der Waals surface area contributed by atoms with Crippen molar-refractivity contribution in [1.29, 1.82) is 0 Å². The number of amides is 2. The van der Waals surface area contributed by atoms with Gasteiger partial charge in [0.2, 0.25) is 0 Å². The molecule has 2 rings (SSSR count). The lowest BCUT2D eigenvalue weighted by atomic mass is 10.1. The van der Waals surface area contributed by atoms with Gasteiger partial charge in [0, 0.05) is 6.54 Å². The third-order valence-electron chi connectivity index (χ3n) is 3.68. The molecule has 26 heavy (non-hydrogen) atoms. The SMILES string of the molecule is O=C(NCCCc1ccc(Cl)c(Cl)c1)C1=C(O)C(=O)N(CC(F)(F)F)C1. The van der Waals surface area contributed by atoms with Crippen molar-refractivity contribution in [1.82, 2.24) is 10.2 Å². The molecule has 1 aromatic rings. The number of hydrogen-bond acceptors (Lipinski definition) is 3. The van der Waals surface area contributed by atoms with Gasteiger partial charge in [-0.1, -0.05) is 29.3 Å². The molecular formula is C16H15Cl2F3N2O3. The number of benzene rings is 1. The van der Waals surface area contributed by atoms with E-state index >= 15 is 0 Å². The Balaban J connectivity index is 1.84. The number of nitrogens with one attached hydrogen (secondary N) is 1. The van der Waals surface area contributed by atoms with Crippen LogP contribution in [0.1, 0.15) is 12.0 Å². The van der Waals surface area contributed by atoms with Crippen LogP contribution in [0.3, 0.4) is 0 Å². The zero-order chi connectivity index (χ0) is 19.5. The van der Waals surface area contributed by atoms with Gasteiger partial charge in [0.15, 0.2) is 5.76 Å². The fraction of sp³-hybridized carbons (Fsp3) is 0.375. The molecule has 0 aliphatic carbocycles. The second kappa shape index (κ2) is 8.18. The quantitative estimate of drug-likeness (QED) is 0.707. The Morgan fingerprint density at radius 3 is 2.58 bits per heavy atom. The lowest BCUT2D eigenvalue weighted by molar-refractivity contribution is -0.157. The van der Waals surface area contributed by atoms with Crippen LogP contribution in [0.5, 0.6) is 0 Å². The molecule has 2 amide bonds. The standard InChI is InChI=1S/C16H15Cl2F3N2O3/c17-11-4-3-9(6-12(11)18)2-1-5-22-14(25)10-7-23(8-16(19,20)21)15(26)13(10)24/h3-4,6,24H,1-2,5,7-8H2,(H,22,25). The summed E-state index contributed by atoms with van der Waals surface area (Å²) in [6, 6.07) is 5.14. The van der Waals surface area contributed by atoms with Crippen LogP contribution in [0.25, 0.3) is 0 Å². The van der Waals surface area contributed by atoms with Crippen molar-refractivity contribution in [3.05, 3.63) is 45.1 Å².